The van der Waals surface area contributed by atoms with Gasteiger partial charge in [0.05, 0.1) is 17.9 Å². The molecule has 0 bridgehead atoms. The quantitative estimate of drug-likeness (QED) is 0.866. The number of ether oxygens (including phenoxy) is 2. The van der Waals surface area contributed by atoms with Crippen LogP contribution >= 0.6 is 0 Å². The molecule has 1 unspecified atom stereocenters. The molecule has 0 saturated carbocycles. The van der Waals surface area contributed by atoms with Gasteiger partial charge in [-0.3, -0.25) is 4.79 Å². The van der Waals surface area contributed by atoms with Crippen LogP contribution in [0.25, 0.3) is 0 Å². The topological polar surface area (TPSA) is 64.6 Å². The average molecular weight is 339 g/mol. The van der Waals surface area contributed by atoms with E-state index in [-0.39, 0.29) is 5.91 Å². The number of esters is 1. The molecule has 0 aliphatic carbocycles. The summed E-state index contributed by atoms with van der Waals surface area (Å²) in [6.45, 7) is 5.96. The Labute approximate surface area is 147 Å². The maximum absolute atomic E-state index is 12.8. The molecule has 0 saturated heterocycles. The molecule has 1 N–H and O–H groups in total. The fourth-order valence-electron chi connectivity index (χ4n) is 2.96. The summed E-state index contributed by atoms with van der Waals surface area (Å²) in [5, 5.41) is 2.83. The Morgan fingerprint density at radius 2 is 2.04 bits per heavy atom. The normalized spacial score (nSPS) is 18.9. The lowest BCUT2D eigenvalue weighted by molar-refractivity contribution is -0.134. The van der Waals surface area contributed by atoms with E-state index in [1.807, 2.05) is 38.1 Å². The van der Waals surface area contributed by atoms with Gasteiger partial charge in [0.15, 0.2) is 5.60 Å². The van der Waals surface area contributed by atoms with Crippen LogP contribution < -0.4 is 10.1 Å². The van der Waals surface area contributed by atoms with Crippen LogP contribution in [-0.2, 0) is 16.0 Å². The summed E-state index contributed by atoms with van der Waals surface area (Å²) in [4.78, 5) is 25.2. The summed E-state index contributed by atoms with van der Waals surface area (Å²) in [6, 6.07) is 12.7. The third-order valence-electron chi connectivity index (χ3n) is 4.24. The number of hydrogen-bond acceptors (Lipinski definition) is 4. The van der Waals surface area contributed by atoms with Crippen molar-refractivity contribution in [3.63, 3.8) is 0 Å². The maximum atomic E-state index is 12.8. The third kappa shape index (κ3) is 3.36. The van der Waals surface area contributed by atoms with Crippen LogP contribution in [0.5, 0.6) is 5.75 Å². The molecule has 0 aromatic heterocycles. The van der Waals surface area contributed by atoms with Gasteiger partial charge < -0.3 is 14.8 Å². The minimum absolute atomic E-state index is 0.332. The fraction of sp³-hybridized carbons (Fsp3) is 0.300. The summed E-state index contributed by atoms with van der Waals surface area (Å²) in [5.41, 5.74) is 1.68. The van der Waals surface area contributed by atoms with Crippen LogP contribution in [0, 0.1) is 6.92 Å². The van der Waals surface area contributed by atoms with Crippen LogP contribution in [0.3, 0.4) is 0 Å². The van der Waals surface area contributed by atoms with Crippen molar-refractivity contribution in [2.24, 2.45) is 0 Å². The lowest BCUT2D eigenvalue weighted by Crippen LogP contribution is -2.49. The Morgan fingerprint density at radius 3 is 2.80 bits per heavy atom. The first-order chi connectivity index (χ1) is 11.9. The number of carbonyl (C=O) groups excluding carboxylic acids is 2. The number of anilines is 1. The molecule has 1 amide bonds. The highest BCUT2D eigenvalue weighted by atomic mass is 16.6. The molecule has 3 rings (SSSR count). The number of rotatable bonds is 4. The number of carbonyl (C=O) groups is 2. The number of hydrogen-bond donors (Lipinski definition) is 1. The zero-order chi connectivity index (χ0) is 18.0. The number of nitrogens with one attached hydrogen (secondary N) is 1. The Morgan fingerprint density at radius 1 is 1.28 bits per heavy atom. The van der Waals surface area contributed by atoms with Gasteiger partial charge in [0.2, 0.25) is 0 Å². The van der Waals surface area contributed by atoms with Crippen molar-refractivity contribution in [3.05, 3.63) is 59.2 Å². The van der Waals surface area contributed by atoms with E-state index in [1.54, 1.807) is 25.1 Å². The van der Waals surface area contributed by atoms with E-state index in [0.717, 1.165) is 11.1 Å². The second-order valence-electron chi connectivity index (χ2n) is 6.34. The molecule has 1 aliphatic rings. The van der Waals surface area contributed by atoms with Gasteiger partial charge >= 0.3 is 5.97 Å². The Hall–Kier alpha value is -2.82. The predicted octanol–water partition coefficient (Wildman–Crippen LogP) is 3.50. The van der Waals surface area contributed by atoms with E-state index >= 15 is 0 Å². The molecule has 2 aromatic rings. The van der Waals surface area contributed by atoms with Crippen LogP contribution in [0.4, 0.5) is 5.69 Å². The van der Waals surface area contributed by atoms with E-state index in [0.29, 0.717) is 30.0 Å². The fourth-order valence-corrected chi connectivity index (χ4v) is 2.96. The highest BCUT2D eigenvalue weighted by Crippen LogP contribution is 2.31. The SMILES string of the molecule is CCOc1ccccc1NC(=O)C1(C)Cc2cc(C)ccc2C(=O)O1. The van der Waals surface area contributed by atoms with Crippen molar-refractivity contribution in [3.8, 4) is 5.75 Å². The molecule has 1 aliphatic heterocycles. The molecule has 5 nitrogen and oxygen atoms in total. The minimum atomic E-state index is -1.27. The van der Waals surface area contributed by atoms with E-state index in [9.17, 15) is 9.59 Å². The Balaban J connectivity index is 1.86. The summed E-state index contributed by atoms with van der Waals surface area (Å²) >= 11 is 0. The molecule has 0 radical (unpaired) electrons. The van der Waals surface area contributed by atoms with E-state index in [4.69, 9.17) is 9.47 Å². The average Bonchev–Trinajstić information content (AvgIpc) is 2.56. The van der Waals surface area contributed by atoms with Crippen molar-refractivity contribution in [2.75, 3.05) is 11.9 Å². The lowest BCUT2D eigenvalue weighted by atomic mass is 9.88. The second kappa shape index (κ2) is 6.59. The van der Waals surface area contributed by atoms with Crippen LogP contribution in [0.2, 0.25) is 0 Å². The highest BCUT2D eigenvalue weighted by molar-refractivity contribution is 6.03. The van der Waals surface area contributed by atoms with E-state index in [2.05, 4.69) is 5.32 Å². The van der Waals surface area contributed by atoms with Crippen molar-refractivity contribution in [2.45, 2.75) is 32.8 Å². The zero-order valence-corrected chi connectivity index (χ0v) is 14.6. The molecular weight excluding hydrogens is 318 g/mol. The van der Waals surface area contributed by atoms with Crippen LogP contribution in [-0.4, -0.2) is 24.1 Å². The smallest absolute Gasteiger partial charge is 0.339 e. The Bertz CT molecular complexity index is 830. The summed E-state index contributed by atoms with van der Waals surface area (Å²) < 4.78 is 11.0. The standard InChI is InChI=1S/C20H21NO4/c1-4-24-17-8-6-5-7-16(17)21-19(23)20(3)12-14-11-13(2)9-10-15(14)18(22)25-20/h5-11H,4,12H2,1-3H3,(H,21,23). The van der Waals surface area contributed by atoms with Gasteiger partial charge in [-0.2, -0.15) is 0 Å². The van der Waals surface area contributed by atoms with E-state index < -0.39 is 11.6 Å². The number of para-hydroxylation sites is 2. The van der Waals surface area contributed by atoms with Gasteiger partial charge in [-0.1, -0.05) is 29.8 Å². The summed E-state index contributed by atoms with van der Waals surface area (Å²) in [6.07, 6.45) is 0.332. The summed E-state index contributed by atoms with van der Waals surface area (Å²) in [5.74, 6) is -0.266. The zero-order valence-electron chi connectivity index (χ0n) is 14.6. The predicted molar refractivity (Wildman–Crippen MR) is 94.9 cm³/mol. The maximum Gasteiger partial charge on any atom is 0.339 e. The van der Waals surface area contributed by atoms with Crippen LogP contribution in [0.15, 0.2) is 42.5 Å². The molecule has 2 aromatic carbocycles. The monoisotopic (exact) mass is 339 g/mol. The molecule has 0 spiro atoms. The first-order valence-corrected chi connectivity index (χ1v) is 8.29. The van der Waals surface area contributed by atoms with Gasteiger partial charge in [0, 0.05) is 6.42 Å². The molecule has 1 heterocycles. The first-order valence-electron chi connectivity index (χ1n) is 8.29. The molecular formula is C20H21NO4. The van der Waals surface area contributed by atoms with Gasteiger partial charge in [-0.15, -0.1) is 0 Å². The van der Waals surface area contributed by atoms with Crippen molar-refractivity contribution in [1.29, 1.82) is 0 Å². The van der Waals surface area contributed by atoms with Gasteiger partial charge in [-0.25, -0.2) is 4.79 Å². The number of amides is 1. The van der Waals surface area contributed by atoms with Gasteiger partial charge in [0.1, 0.15) is 5.75 Å². The number of benzene rings is 2. The number of fused-ring (bicyclic) bond motifs is 1. The minimum Gasteiger partial charge on any atom is -0.492 e. The van der Waals surface area contributed by atoms with Crippen molar-refractivity contribution in [1.82, 2.24) is 0 Å². The first kappa shape index (κ1) is 17.0. The molecule has 25 heavy (non-hydrogen) atoms. The van der Waals surface area contributed by atoms with Crippen LogP contribution in [0.1, 0.15) is 35.3 Å². The number of cyclic esters (lactones) is 1. The van der Waals surface area contributed by atoms with Crippen molar-refractivity contribution >= 4 is 17.6 Å². The van der Waals surface area contributed by atoms with Gasteiger partial charge in [-0.05, 0) is 44.5 Å². The molecule has 0 fully saturated rings. The van der Waals surface area contributed by atoms with E-state index in [1.165, 1.54) is 0 Å². The molecule has 1 atom stereocenters. The third-order valence-corrected chi connectivity index (χ3v) is 4.24. The number of aryl methyl sites for hydroxylation is 1. The van der Waals surface area contributed by atoms with Gasteiger partial charge in [0.25, 0.3) is 5.91 Å². The molecule has 5 heteroatoms. The van der Waals surface area contributed by atoms with Crippen molar-refractivity contribution < 1.29 is 19.1 Å². The largest absolute Gasteiger partial charge is 0.492 e. The highest BCUT2D eigenvalue weighted by Gasteiger charge is 2.42. The molecule has 130 valence electrons. The second-order valence-corrected chi connectivity index (χ2v) is 6.34. The lowest BCUT2D eigenvalue weighted by Gasteiger charge is -2.33. The summed E-state index contributed by atoms with van der Waals surface area (Å²) in [7, 11) is 0. The Kier molecular flexibility index (Phi) is 4.49.